The standard InChI is InChI=1S/C21H28N2O2/c1-13(22-20(24)12-18-11-14-2-3-17(18)10-14)15-6-8-19(9-7-15)23-21(25)16-4-5-16/h6-9,13-14,16-18H,2-5,10-12H2,1H3,(H,22,24)(H,23,25). The predicted molar refractivity (Wildman–Crippen MR) is 97.9 cm³/mol. The summed E-state index contributed by atoms with van der Waals surface area (Å²) < 4.78 is 0. The number of carbonyl (C=O) groups is 2. The molecule has 25 heavy (non-hydrogen) atoms. The number of anilines is 1. The van der Waals surface area contributed by atoms with E-state index in [1.54, 1.807) is 0 Å². The van der Waals surface area contributed by atoms with Gasteiger partial charge in [-0.25, -0.2) is 0 Å². The first-order chi connectivity index (χ1) is 12.1. The van der Waals surface area contributed by atoms with Crippen LogP contribution in [0, 0.1) is 23.7 Å². The molecular formula is C21H28N2O2. The number of fused-ring (bicyclic) bond motifs is 2. The number of hydrogen-bond acceptors (Lipinski definition) is 2. The van der Waals surface area contributed by atoms with Gasteiger partial charge in [0.15, 0.2) is 0 Å². The van der Waals surface area contributed by atoms with Gasteiger partial charge in [-0.3, -0.25) is 9.59 Å². The summed E-state index contributed by atoms with van der Waals surface area (Å²) in [6, 6.07) is 7.83. The lowest BCUT2D eigenvalue weighted by Crippen LogP contribution is -2.29. The zero-order valence-electron chi connectivity index (χ0n) is 15.0. The second kappa shape index (κ2) is 6.81. The average Bonchev–Trinajstić information content (AvgIpc) is 3.25. The predicted octanol–water partition coefficient (Wildman–Crippen LogP) is 4.04. The number of hydrogen-bond donors (Lipinski definition) is 2. The van der Waals surface area contributed by atoms with Gasteiger partial charge in [-0.1, -0.05) is 18.6 Å². The van der Waals surface area contributed by atoms with Crippen LogP contribution in [0.25, 0.3) is 0 Å². The highest BCUT2D eigenvalue weighted by Crippen LogP contribution is 2.49. The van der Waals surface area contributed by atoms with E-state index >= 15 is 0 Å². The summed E-state index contributed by atoms with van der Waals surface area (Å²) in [5.74, 6) is 2.80. The van der Waals surface area contributed by atoms with E-state index in [0.29, 0.717) is 12.3 Å². The van der Waals surface area contributed by atoms with Crippen molar-refractivity contribution in [3.05, 3.63) is 29.8 Å². The lowest BCUT2D eigenvalue weighted by atomic mass is 9.86. The molecule has 0 spiro atoms. The first-order valence-electron chi connectivity index (χ1n) is 9.78. The highest BCUT2D eigenvalue weighted by molar-refractivity contribution is 5.94. The molecule has 3 saturated carbocycles. The van der Waals surface area contributed by atoms with Crippen molar-refractivity contribution in [2.24, 2.45) is 23.7 Å². The molecule has 4 heteroatoms. The molecule has 3 fully saturated rings. The highest BCUT2D eigenvalue weighted by atomic mass is 16.2. The summed E-state index contributed by atoms with van der Waals surface area (Å²) in [7, 11) is 0. The number of nitrogens with one attached hydrogen (secondary N) is 2. The minimum atomic E-state index is -0.000672. The maximum absolute atomic E-state index is 12.4. The van der Waals surface area contributed by atoms with E-state index in [9.17, 15) is 9.59 Å². The van der Waals surface area contributed by atoms with Gasteiger partial charge in [-0.15, -0.1) is 0 Å². The van der Waals surface area contributed by atoms with Gasteiger partial charge in [0.25, 0.3) is 0 Å². The zero-order valence-corrected chi connectivity index (χ0v) is 15.0. The summed E-state index contributed by atoms with van der Waals surface area (Å²) in [4.78, 5) is 24.2. The van der Waals surface area contributed by atoms with Crippen LogP contribution in [0.3, 0.4) is 0 Å². The van der Waals surface area contributed by atoms with Crippen LogP contribution in [0.5, 0.6) is 0 Å². The average molecular weight is 340 g/mol. The first kappa shape index (κ1) is 16.6. The Kier molecular flexibility index (Phi) is 4.53. The Morgan fingerprint density at radius 1 is 1.08 bits per heavy atom. The Morgan fingerprint density at radius 2 is 1.84 bits per heavy atom. The molecule has 134 valence electrons. The van der Waals surface area contributed by atoms with E-state index in [1.807, 2.05) is 31.2 Å². The Morgan fingerprint density at radius 3 is 2.44 bits per heavy atom. The van der Waals surface area contributed by atoms with Gasteiger partial charge in [0.2, 0.25) is 11.8 Å². The molecule has 3 aliphatic carbocycles. The molecule has 2 bridgehead atoms. The second-order valence-corrected chi connectivity index (χ2v) is 8.31. The molecule has 0 radical (unpaired) electrons. The summed E-state index contributed by atoms with van der Waals surface area (Å²) in [6.07, 6.45) is 8.00. The molecule has 4 rings (SSSR count). The van der Waals surface area contributed by atoms with Crippen molar-refractivity contribution in [1.29, 1.82) is 0 Å². The van der Waals surface area contributed by atoms with Crippen molar-refractivity contribution in [3.63, 3.8) is 0 Å². The van der Waals surface area contributed by atoms with Crippen LogP contribution < -0.4 is 10.6 Å². The van der Waals surface area contributed by atoms with Crippen LogP contribution in [0.1, 0.15) is 63.5 Å². The molecule has 0 heterocycles. The van der Waals surface area contributed by atoms with Gasteiger partial charge in [0, 0.05) is 18.0 Å². The Balaban J connectivity index is 1.27. The van der Waals surface area contributed by atoms with Crippen LogP contribution in [0.2, 0.25) is 0 Å². The minimum Gasteiger partial charge on any atom is -0.350 e. The van der Waals surface area contributed by atoms with Gasteiger partial charge in [-0.2, -0.15) is 0 Å². The second-order valence-electron chi connectivity index (χ2n) is 8.31. The smallest absolute Gasteiger partial charge is 0.227 e. The molecular weight excluding hydrogens is 312 g/mol. The lowest BCUT2D eigenvalue weighted by molar-refractivity contribution is -0.123. The third-order valence-corrected chi connectivity index (χ3v) is 6.34. The van der Waals surface area contributed by atoms with Crippen molar-refractivity contribution in [2.75, 3.05) is 5.32 Å². The van der Waals surface area contributed by atoms with E-state index in [2.05, 4.69) is 10.6 Å². The summed E-state index contributed by atoms with van der Waals surface area (Å²) in [5.41, 5.74) is 1.91. The SMILES string of the molecule is CC(NC(=O)CC1CC2CCC1C2)c1ccc(NC(=O)C2CC2)cc1. The van der Waals surface area contributed by atoms with Gasteiger partial charge in [-0.05, 0) is 74.5 Å². The fourth-order valence-electron chi connectivity index (χ4n) is 4.69. The molecule has 2 amide bonds. The van der Waals surface area contributed by atoms with Crippen molar-refractivity contribution < 1.29 is 9.59 Å². The van der Waals surface area contributed by atoms with E-state index in [0.717, 1.165) is 35.9 Å². The fourth-order valence-corrected chi connectivity index (χ4v) is 4.69. The Hall–Kier alpha value is -1.84. The normalized spacial score (nSPS) is 28.6. The van der Waals surface area contributed by atoms with E-state index in [-0.39, 0.29) is 23.8 Å². The summed E-state index contributed by atoms with van der Waals surface area (Å²) >= 11 is 0. The van der Waals surface area contributed by atoms with Crippen LogP contribution >= 0.6 is 0 Å². The summed E-state index contributed by atoms with van der Waals surface area (Å²) in [5, 5.41) is 6.09. The molecule has 0 aliphatic heterocycles. The molecule has 1 aromatic rings. The van der Waals surface area contributed by atoms with Crippen molar-refractivity contribution in [3.8, 4) is 0 Å². The Bertz CT molecular complexity index is 650. The van der Waals surface area contributed by atoms with Crippen LogP contribution in [-0.4, -0.2) is 11.8 Å². The topological polar surface area (TPSA) is 58.2 Å². The molecule has 4 unspecified atom stereocenters. The van der Waals surface area contributed by atoms with Gasteiger partial charge >= 0.3 is 0 Å². The zero-order chi connectivity index (χ0) is 17.4. The lowest BCUT2D eigenvalue weighted by Gasteiger charge is -2.22. The van der Waals surface area contributed by atoms with Crippen molar-refractivity contribution >= 4 is 17.5 Å². The van der Waals surface area contributed by atoms with Gasteiger partial charge < -0.3 is 10.6 Å². The quantitative estimate of drug-likeness (QED) is 0.821. The number of rotatable bonds is 6. The minimum absolute atomic E-state index is 0.000672. The maximum Gasteiger partial charge on any atom is 0.227 e. The Labute approximate surface area is 149 Å². The van der Waals surface area contributed by atoms with E-state index in [1.165, 1.54) is 25.7 Å². The third kappa shape index (κ3) is 3.88. The van der Waals surface area contributed by atoms with Crippen LogP contribution in [-0.2, 0) is 9.59 Å². The fraction of sp³-hybridized carbons (Fsp3) is 0.619. The molecule has 4 atom stereocenters. The van der Waals surface area contributed by atoms with Gasteiger partial charge in [0.1, 0.15) is 0 Å². The number of carbonyl (C=O) groups excluding carboxylic acids is 2. The van der Waals surface area contributed by atoms with Gasteiger partial charge in [0.05, 0.1) is 6.04 Å². The first-order valence-corrected chi connectivity index (χ1v) is 9.78. The monoisotopic (exact) mass is 340 g/mol. The van der Waals surface area contributed by atoms with Crippen molar-refractivity contribution in [1.82, 2.24) is 5.32 Å². The third-order valence-electron chi connectivity index (χ3n) is 6.34. The maximum atomic E-state index is 12.4. The van der Waals surface area contributed by atoms with E-state index < -0.39 is 0 Å². The molecule has 1 aromatic carbocycles. The molecule has 3 aliphatic rings. The van der Waals surface area contributed by atoms with E-state index in [4.69, 9.17) is 0 Å². The highest BCUT2D eigenvalue weighted by Gasteiger charge is 2.40. The molecule has 4 nitrogen and oxygen atoms in total. The number of benzene rings is 1. The van der Waals surface area contributed by atoms with Crippen LogP contribution in [0.15, 0.2) is 24.3 Å². The molecule has 2 N–H and O–H groups in total. The molecule has 0 aromatic heterocycles. The largest absolute Gasteiger partial charge is 0.350 e. The van der Waals surface area contributed by atoms with Crippen LogP contribution in [0.4, 0.5) is 5.69 Å². The molecule has 0 saturated heterocycles. The van der Waals surface area contributed by atoms with Crippen molar-refractivity contribution in [2.45, 2.75) is 57.9 Å². The number of amides is 2. The summed E-state index contributed by atoms with van der Waals surface area (Å²) in [6.45, 7) is 2.02.